The highest BCUT2D eigenvalue weighted by molar-refractivity contribution is 5.99. The van der Waals surface area contributed by atoms with Crippen LogP contribution in [0.4, 0.5) is 0 Å². The van der Waals surface area contributed by atoms with E-state index in [1.807, 2.05) is 34.6 Å². The highest BCUT2D eigenvalue weighted by Gasteiger charge is 2.45. The summed E-state index contributed by atoms with van der Waals surface area (Å²) in [6.07, 6.45) is 1.24. The molecule has 1 heterocycles. The fraction of sp³-hybridized carbons (Fsp3) is 0.833. The topological polar surface area (TPSA) is 37.4 Å². The molecule has 0 radical (unpaired) electrons. The Morgan fingerprint density at radius 2 is 2.07 bits per heavy atom. The van der Waals surface area contributed by atoms with Crippen molar-refractivity contribution in [3.63, 3.8) is 0 Å². The van der Waals surface area contributed by atoms with E-state index in [0.717, 1.165) is 6.42 Å². The van der Waals surface area contributed by atoms with Crippen molar-refractivity contribution in [2.45, 2.75) is 53.5 Å². The average Bonchev–Trinajstić information content (AvgIpc) is 2.19. The van der Waals surface area contributed by atoms with E-state index in [9.17, 15) is 9.59 Å². The molecule has 2 amide bonds. The quantitative estimate of drug-likeness (QED) is 0.702. The molecule has 0 aromatic rings. The van der Waals surface area contributed by atoms with Gasteiger partial charge in [0.1, 0.15) is 0 Å². The van der Waals surface area contributed by atoms with Crippen LogP contribution in [0.2, 0.25) is 0 Å². The molecule has 0 aromatic heterocycles. The molecule has 1 fully saturated rings. The van der Waals surface area contributed by atoms with Gasteiger partial charge in [-0.15, -0.1) is 0 Å². The first-order valence-corrected chi connectivity index (χ1v) is 5.62. The van der Waals surface area contributed by atoms with Gasteiger partial charge < -0.3 is 0 Å². The van der Waals surface area contributed by atoms with Crippen molar-refractivity contribution in [3.8, 4) is 0 Å². The Morgan fingerprint density at radius 3 is 2.40 bits per heavy atom. The van der Waals surface area contributed by atoms with Gasteiger partial charge in [-0.1, -0.05) is 27.7 Å². The summed E-state index contributed by atoms with van der Waals surface area (Å²) >= 11 is 0. The monoisotopic (exact) mass is 211 g/mol. The predicted octanol–water partition coefficient (Wildman–Crippen LogP) is 2.21. The van der Waals surface area contributed by atoms with Crippen LogP contribution in [0.5, 0.6) is 0 Å². The van der Waals surface area contributed by atoms with Crippen molar-refractivity contribution in [2.75, 3.05) is 0 Å². The number of amides is 2. The third-order valence-corrected chi connectivity index (χ3v) is 2.90. The number of likely N-dealkylation sites (tertiary alicyclic amines) is 1. The summed E-state index contributed by atoms with van der Waals surface area (Å²) in [5.41, 5.74) is -0.369. The summed E-state index contributed by atoms with van der Waals surface area (Å²) in [6.45, 7) is 9.76. The van der Waals surface area contributed by atoms with Gasteiger partial charge in [-0.25, -0.2) is 0 Å². The largest absolute Gasteiger partial charge is 0.279 e. The van der Waals surface area contributed by atoms with E-state index < -0.39 is 0 Å². The summed E-state index contributed by atoms with van der Waals surface area (Å²) in [5.74, 6) is 0.273. The molecule has 0 aromatic carbocycles. The zero-order chi connectivity index (χ0) is 11.8. The van der Waals surface area contributed by atoms with Crippen LogP contribution < -0.4 is 0 Å². The zero-order valence-electron chi connectivity index (χ0n) is 10.3. The maximum Gasteiger partial charge on any atom is 0.235 e. The van der Waals surface area contributed by atoms with Gasteiger partial charge in [-0.2, -0.15) is 0 Å². The highest BCUT2D eigenvalue weighted by Crippen LogP contribution is 2.35. The molecular weight excluding hydrogens is 190 g/mol. The lowest BCUT2D eigenvalue weighted by molar-refractivity contribution is -0.147. The first-order chi connectivity index (χ1) is 6.75. The van der Waals surface area contributed by atoms with E-state index in [2.05, 4.69) is 0 Å². The number of imide groups is 1. The second kappa shape index (κ2) is 3.95. The number of nitrogens with zero attached hydrogens (tertiary/aromatic N) is 1. The van der Waals surface area contributed by atoms with E-state index in [4.69, 9.17) is 0 Å². The lowest BCUT2D eigenvalue weighted by Crippen LogP contribution is -2.39. The van der Waals surface area contributed by atoms with Crippen LogP contribution >= 0.6 is 0 Å². The van der Waals surface area contributed by atoms with Crippen molar-refractivity contribution >= 4 is 11.8 Å². The molecule has 1 atom stereocenters. The molecule has 1 saturated heterocycles. The number of carbonyl (C=O) groups is 2. The number of rotatable bonds is 2. The van der Waals surface area contributed by atoms with Crippen LogP contribution in [0.1, 0.15) is 47.5 Å². The minimum Gasteiger partial charge on any atom is -0.279 e. The van der Waals surface area contributed by atoms with Crippen LogP contribution in [0.25, 0.3) is 0 Å². The van der Waals surface area contributed by atoms with Crippen LogP contribution in [0, 0.1) is 11.3 Å². The van der Waals surface area contributed by atoms with Gasteiger partial charge >= 0.3 is 0 Å². The lowest BCUT2D eigenvalue weighted by atomic mass is 9.90. The molecule has 15 heavy (non-hydrogen) atoms. The summed E-state index contributed by atoms with van der Waals surface area (Å²) in [5, 5.41) is 0. The van der Waals surface area contributed by atoms with E-state index in [1.165, 1.54) is 4.90 Å². The molecule has 1 aliphatic heterocycles. The van der Waals surface area contributed by atoms with E-state index >= 15 is 0 Å². The second-order valence-corrected chi connectivity index (χ2v) is 5.60. The van der Waals surface area contributed by atoms with E-state index in [0.29, 0.717) is 12.3 Å². The number of hydrogen-bond acceptors (Lipinski definition) is 2. The van der Waals surface area contributed by atoms with Crippen LogP contribution in [0.3, 0.4) is 0 Å². The summed E-state index contributed by atoms with van der Waals surface area (Å²) < 4.78 is 0. The van der Waals surface area contributed by atoms with Crippen LogP contribution in [0.15, 0.2) is 0 Å². The lowest BCUT2D eigenvalue weighted by Gasteiger charge is -2.21. The van der Waals surface area contributed by atoms with Crippen molar-refractivity contribution in [1.29, 1.82) is 0 Å². The van der Waals surface area contributed by atoms with Crippen molar-refractivity contribution in [1.82, 2.24) is 4.90 Å². The van der Waals surface area contributed by atoms with Gasteiger partial charge in [0.05, 0.1) is 0 Å². The molecular formula is C12H21NO2. The maximum atomic E-state index is 12.0. The van der Waals surface area contributed by atoms with E-state index in [1.54, 1.807) is 0 Å². The molecule has 0 unspecified atom stereocenters. The third-order valence-electron chi connectivity index (χ3n) is 2.90. The SMILES string of the molecule is CC(C)CC(=O)N1C(=O)C(C)(C)C[C@H]1C. The molecule has 0 N–H and O–H groups in total. The minimum atomic E-state index is -0.369. The van der Waals surface area contributed by atoms with Gasteiger partial charge in [0.2, 0.25) is 11.8 Å². The van der Waals surface area contributed by atoms with Gasteiger partial charge in [-0.3, -0.25) is 14.5 Å². The first-order valence-electron chi connectivity index (χ1n) is 5.62. The molecule has 0 saturated carbocycles. The maximum absolute atomic E-state index is 12.0. The summed E-state index contributed by atoms with van der Waals surface area (Å²) in [4.78, 5) is 25.3. The van der Waals surface area contributed by atoms with Gasteiger partial charge in [0.15, 0.2) is 0 Å². The van der Waals surface area contributed by atoms with Crippen molar-refractivity contribution < 1.29 is 9.59 Å². The first kappa shape index (κ1) is 12.2. The Bertz CT molecular complexity index is 281. The molecule has 1 aliphatic rings. The fourth-order valence-electron chi connectivity index (χ4n) is 2.25. The second-order valence-electron chi connectivity index (χ2n) is 5.60. The van der Waals surface area contributed by atoms with Gasteiger partial charge in [0.25, 0.3) is 0 Å². The Kier molecular flexibility index (Phi) is 3.22. The Morgan fingerprint density at radius 1 is 1.53 bits per heavy atom. The number of hydrogen-bond donors (Lipinski definition) is 0. The van der Waals surface area contributed by atoms with Crippen molar-refractivity contribution in [2.24, 2.45) is 11.3 Å². The van der Waals surface area contributed by atoms with E-state index in [-0.39, 0.29) is 23.3 Å². The van der Waals surface area contributed by atoms with Crippen molar-refractivity contribution in [3.05, 3.63) is 0 Å². The molecule has 0 spiro atoms. The van der Waals surface area contributed by atoms with Gasteiger partial charge in [-0.05, 0) is 19.3 Å². The molecule has 0 bridgehead atoms. The Hall–Kier alpha value is -0.860. The predicted molar refractivity (Wildman–Crippen MR) is 59.2 cm³/mol. The highest BCUT2D eigenvalue weighted by atomic mass is 16.2. The Balaban J connectivity index is 2.79. The number of carbonyl (C=O) groups excluding carboxylic acids is 2. The Labute approximate surface area is 91.8 Å². The fourth-order valence-corrected chi connectivity index (χ4v) is 2.25. The third kappa shape index (κ3) is 2.39. The standard InChI is InChI=1S/C12H21NO2/c1-8(2)6-10(14)13-9(3)7-12(4,5)11(13)15/h8-9H,6-7H2,1-5H3/t9-/m1/s1. The minimum absolute atomic E-state index is 0.0133. The normalized spacial score (nSPS) is 25.1. The summed E-state index contributed by atoms with van der Waals surface area (Å²) in [7, 11) is 0. The average molecular weight is 211 g/mol. The molecule has 86 valence electrons. The summed E-state index contributed by atoms with van der Waals surface area (Å²) in [6, 6.07) is 0.0544. The van der Waals surface area contributed by atoms with Crippen LogP contribution in [-0.4, -0.2) is 22.8 Å². The smallest absolute Gasteiger partial charge is 0.235 e. The zero-order valence-corrected chi connectivity index (χ0v) is 10.3. The molecule has 3 nitrogen and oxygen atoms in total. The van der Waals surface area contributed by atoms with Gasteiger partial charge in [0, 0.05) is 17.9 Å². The molecule has 0 aliphatic carbocycles. The van der Waals surface area contributed by atoms with Crippen LogP contribution in [-0.2, 0) is 9.59 Å². The molecule has 1 rings (SSSR count). The molecule has 3 heteroatoms.